The van der Waals surface area contributed by atoms with Crippen LogP contribution in [0.15, 0.2) is 0 Å². The molecular formula is C19H33N5O9. The van der Waals surface area contributed by atoms with Crippen LogP contribution in [0.25, 0.3) is 0 Å². The topological polar surface area (TPSA) is 251 Å². The number of nitrogens with two attached hydrogens (primary N) is 2. The highest BCUT2D eigenvalue weighted by atomic mass is 16.4. The Kier molecular flexibility index (Phi) is 13.3. The van der Waals surface area contributed by atoms with Gasteiger partial charge in [-0.1, -0.05) is 13.8 Å². The van der Waals surface area contributed by atoms with Gasteiger partial charge in [0.05, 0.1) is 12.6 Å². The molecule has 0 spiro atoms. The van der Waals surface area contributed by atoms with Gasteiger partial charge in [-0.25, -0.2) is 4.79 Å². The smallest absolute Gasteiger partial charge is 0.326 e. The number of aliphatic carboxylic acids is 2. The van der Waals surface area contributed by atoms with Crippen LogP contribution in [0.3, 0.4) is 0 Å². The predicted molar refractivity (Wildman–Crippen MR) is 113 cm³/mol. The molecule has 33 heavy (non-hydrogen) atoms. The monoisotopic (exact) mass is 475 g/mol. The Morgan fingerprint density at radius 2 is 1.30 bits per heavy atom. The van der Waals surface area contributed by atoms with Crippen LogP contribution in [-0.2, 0) is 28.8 Å². The molecule has 0 saturated carbocycles. The Hall–Kier alpha value is -3.26. The van der Waals surface area contributed by atoms with E-state index in [4.69, 9.17) is 16.6 Å². The molecule has 10 N–H and O–H groups in total. The number of carboxylic acid groups (broad SMARTS) is 2. The van der Waals surface area contributed by atoms with Gasteiger partial charge in [0, 0.05) is 12.8 Å². The molecule has 0 bridgehead atoms. The van der Waals surface area contributed by atoms with Crippen molar-refractivity contribution in [3.05, 3.63) is 0 Å². The zero-order chi connectivity index (χ0) is 25.7. The van der Waals surface area contributed by atoms with Crippen LogP contribution in [0.1, 0.15) is 46.0 Å². The summed E-state index contributed by atoms with van der Waals surface area (Å²) in [6, 6.07) is -5.35. The molecule has 0 radical (unpaired) electrons. The van der Waals surface area contributed by atoms with Crippen molar-refractivity contribution >= 4 is 35.6 Å². The molecule has 188 valence electrons. The third kappa shape index (κ3) is 12.4. The van der Waals surface area contributed by atoms with Crippen molar-refractivity contribution in [3.63, 3.8) is 0 Å². The number of nitrogens with one attached hydrogen (secondary N) is 3. The number of hydrogen-bond donors (Lipinski definition) is 8. The van der Waals surface area contributed by atoms with Crippen LogP contribution < -0.4 is 27.4 Å². The van der Waals surface area contributed by atoms with Crippen molar-refractivity contribution < 1.29 is 44.1 Å². The lowest BCUT2D eigenvalue weighted by Crippen LogP contribution is -2.58. The van der Waals surface area contributed by atoms with Crippen LogP contribution in [0.2, 0.25) is 0 Å². The first-order valence-electron chi connectivity index (χ1n) is 10.3. The van der Waals surface area contributed by atoms with E-state index in [2.05, 4.69) is 16.0 Å². The zero-order valence-corrected chi connectivity index (χ0v) is 18.6. The summed E-state index contributed by atoms with van der Waals surface area (Å²) in [6.45, 7) is 2.66. The Balaban J connectivity index is 5.24. The first kappa shape index (κ1) is 29.7. The van der Waals surface area contributed by atoms with E-state index in [0.717, 1.165) is 0 Å². The van der Waals surface area contributed by atoms with Gasteiger partial charge in [0.15, 0.2) is 0 Å². The minimum absolute atomic E-state index is 0.101. The quantitative estimate of drug-likeness (QED) is 0.112. The number of carbonyl (C=O) groups is 6. The number of rotatable bonds is 16. The van der Waals surface area contributed by atoms with Gasteiger partial charge in [0.25, 0.3) is 0 Å². The first-order valence-corrected chi connectivity index (χ1v) is 10.3. The van der Waals surface area contributed by atoms with Gasteiger partial charge in [-0.3, -0.25) is 24.0 Å². The van der Waals surface area contributed by atoms with E-state index in [1.807, 2.05) is 0 Å². The minimum atomic E-state index is -1.49. The Morgan fingerprint density at radius 3 is 1.76 bits per heavy atom. The number of carboxylic acids is 2. The highest BCUT2D eigenvalue weighted by molar-refractivity contribution is 5.94. The molecule has 0 aliphatic carbocycles. The van der Waals surface area contributed by atoms with Crippen molar-refractivity contribution in [1.82, 2.24) is 16.0 Å². The van der Waals surface area contributed by atoms with Crippen LogP contribution in [0, 0.1) is 5.92 Å². The molecule has 4 atom stereocenters. The molecule has 0 aliphatic heterocycles. The summed E-state index contributed by atoms with van der Waals surface area (Å²) in [6.07, 6.45) is -0.992. The molecule has 0 saturated heterocycles. The van der Waals surface area contributed by atoms with Crippen LogP contribution in [-0.4, -0.2) is 81.7 Å². The van der Waals surface area contributed by atoms with Crippen molar-refractivity contribution in [1.29, 1.82) is 0 Å². The molecule has 14 heteroatoms. The Bertz CT molecular complexity index is 728. The van der Waals surface area contributed by atoms with Crippen LogP contribution in [0.5, 0.6) is 0 Å². The number of carbonyl (C=O) groups excluding carboxylic acids is 4. The third-order valence-electron chi connectivity index (χ3n) is 4.46. The van der Waals surface area contributed by atoms with Gasteiger partial charge in [0.2, 0.25) is 23.6 Å². The highest BCUT2D eigenvalue weighted by Crippen LogP contribution is 2.07. The summed E-state index contributed by atoms with van der Waals surface area (Å²) in [7, 11) is 0. The van der Waals surface area contributed by atoms with Gasteiger partial charge in [-0.15, -0.1) is 0 Å². The van der Waals surface area contributed by atoms with Gasteiger partial charge in [-0.05, 0) is 25.2 Å². The number of primary amides is 1. The third-order valence-corrected chi connectivity index (χ3v) is 4.46. The summed E-state index contributed by atoms with van der Waals surface area (Å²) in [5, 5.41) is 34.2. The fourth-order valence-corrected chi connectivity index (χ4v) is 2.67. The maximum absolute atomic E-state index is 12.6. The lowest BCUT2D eigenvalue weighted by atomic mass is 10.0. The van der Waals surface area contributed by atoms with E-state index in [-0.39, 0.29) is 38.0 Å². The second kappa shape index (κ2) is 14.7. The molecular weight excluding hydrogens is 442 g/mol. The Morgan fingerprint density at radius 1 is 0.788 bits per heavy atom. The van der Waals surface area contributed by atoms with Gasteiger partial charge in [-0.2, -0.15) is 0 Å². The molecule has 4 amide bonds. The standard InChI is InChI=1S/C19H33N5O9/c1-9(2)7-12(17(30)22-11(19(32)33)4-5-14(21)26)23-18(31)13(8-25)24-16(29)10(20)3-6-15(27)28/h9-13,25H,3-8,20H2,1-2H3,(H2,21,26)(H,22,30)(H,23,31)(H,24,29)(H,27,28)(H,32,33). The predicted octanol–water partition coefficient (Wildman–Crippen LogP) is -2.98. The molecule has 0 aromatic heterocycles. The van der Waals surface area contributed by atoms with E-state index in [1.165, 1.54) is 0 Å². The second-order valence-corrected chi connectivity index (χ2v) is 7.88. The first-order chi connectivity index (χ1) is 15.3. The maximum atomic E-state index is 12.6. The minimum Gasteiger partial charge on any atom is -0.481 e. The molecule has 0 aromatic carbocycles. The van der Waals surface area contributed by atoms with Gasteiger partial charge in [0.1, 0.15) is 18.1 Å². The molecule has 0 aromatic rings. The molecule has 0 fully saturated rings. The number of amides is 4. The normalized spacial score (nSPS) is 14.5. The fourth-order valence-electron chi connectivity index (χ4n) is 2.67. The van der Waals surface area contributed by atoms with E-state index >= 15 is 0 Å². The lowest BCUT2D eigenvalue weighted by molar-refractivity contribution is -0.143. The van der Waals surface area contributed by atoms with E-state index in [9.17, 15) is 39.0 Å². The van der Waals surface area contributed by atoms with E-state index < -0.39 is 66.3 Å². The largest absolute Gasteiger partial charge is 0.481 e. The van der Waals surface area contributed by atoms with Crippen molar-refractivity contribution in [3.8, 4) is 0 Å². The molecule has 4 unspecified atom stereocenters. The number of hydrogen-bond acceptors (Lipinski definition) is 8. The highest BCUT2D eigenvalue weighted by Gasteiger charge is 2.30. The van der Waals surface area contributed by atoms with Crippen molar-refractivity contribution in [2.45, 2.75) is 70.1 Å². The van der Waals surface area contributed by atoms with Gasteiger partial charge >= 0.3 is 11.9 Å². The van der Waals surface area contributed by atoms with E-state index in [1.54, 1.807) is 13.8 Å². The lowest BCUT2D eigenvalue weighted by Gasteiger charge is -2.25. The average molecular weight is 475 g/mol. The summed E-state index contributed by atoms with van der Waals surface area (Å²) < 4.78 is 0. The van der Waals surface area contributed by atoms with Crippen LogP contribution >= 0.6 is 0 Å². The van der Waals surface area contributed by atoms with E-state index in [0.29, 0.717) is 0 Å². The maximum Gasteiger partial charge on any atom is 0.326 e. The summed E-state index contributed by atoms with van der Waals surface area (Å²) in [5.74, 6) is -6.04. The molecule has 0 aliphatic rings. The summed E-state index contributed by atoms with van der Waals surface area (Å²) in [4.78, 5) is 70.1. The zero-order valence-electron chi connectivity index (χ0n) is 18.6. The van der Waals surface area contributed by atoms with Gasteiger partial charge < -0.3 is 42.7 Å². The van der Waals surface area contributed by atoms with Crippen molar-refractivity contribution in [2.24, 2.45) is 17.4 Å². The molecule has 0 heterocycles. The second-order valence-electron chi connectivity index (χ2n) is 7.88. The van der Waals surface area contributed by atoms with Crippen molar-refractivity contribution in [2.75, 3.05) is 6.61 Å². The number of aliphatic hydroxyl groups is 1. The molecule has 0 rings (SSSR count). The molecule has 14 nitrogen and oxygen atoms in total. The average Bonchev–Trinajstić information content (AvgIpc) is 2.71. The number of aliphatic hydroxyl groups excluding tert-OH is 1. The SMILES string of the molecule is CC(C)CC(NC(=O)C(CO)NC(=O)C(N)CCC(=O)O)C(=O)NC(CCC(N)=O)C(=O)O. The van der Waals surface area contributed by atoms with Crippen LogP contribution in [0.4, 0.5) is 0 Å². The summed E-state index contributed by atoms with van der Waals surface area (Å²) >= 11 is 0. The summed E-state index contributed by atoms with van der Waals surface area (Å²) in [5.41, 5.74) is 10.6. The Labute approximate surface area is 190 Å². The fraction of sp³-hybridized carbons (Fsp3) is 0.684.